The molecule has 0 radical (unpaired) electrons. The van der Waals surface area contributed by atoms with Gasteiger partial charge in [-0.15, -0.1) is 22.7 Å². The number of Topliss-reactive ketones (excluding diaryl/α,β-unsaturated/α-hetero) is 1. The first kappa shape index (κ1) is 23.4. The molecule has 1 aliphatic heterocycles. The van der Waals surface area contributed by atoms with Crippen LogP contribution < -0.4 is 5.32 Å². The molecule has 8 heteroatoms. The second-order valence-corrected chi connectivity index (χ2v) is 10.6. The van der Waals surface area contributed by atoms with Crippen LogP contribution >= 0.6 is 22.7 Å². The summed E-state index contributed by atoms with van der Waals surface area (Å²) >= 11 is 3.31. The maximum absolute atomic E-state index is 14.3. The van der Waals surface area contributed by atoms with E-state index < -0.39 is 6.17 Å². The van der Waals surface area contributed by atoms with Crippen LogP contribution in [0, 0.1) is 6.92 Å². The fourth-order valence-electron chi connectivity index (χ4n) is 4.24. The summed E-state index contributed by atoms with van der Waals surface area (Å²) in [5, 5.41) is 4.32. The maximum Gasteiger partial charge on any atom is 0.141 e. The van der Waals surface area contributed by atoms with E-state index in [1.807, 2.05) is 13.0 Å². The summed E-state index contributed by atoms with van der Waals surface area (Å²) in [7, 11) is 1.71. The van der Waals surface area contributed by atoms with Crippen molar-refractivity contribution in [2.75, 3.05) is 20.3 Å². The van der Waals surface area contributed by atoms with Crippen LogP contribution in [0.4, 0.5) is 4.39 Å². The molecular formula is C24H30FN3O2S2. The first-order valence-electron chi connectivity index (χ1n) is 11.2. The van der Waals surface area contributed by atoms with E-state index in [0.717, 1.165) is 71.2 Å². The predicted molar refractivity (Wildman–Crippen MR) is 129 cm³/mol. The van der Waals surface area contributed by atoms with Gasteiger partial charge in [0.15, 0.2) is 0 Å². The molecule has 1 N–H and O–H groups in total. The van der Waals surface area contributed by atoms with Gasteiger partial charge in [0.2, 0.25) is 0 Å². The van der Waals surface area contributed by atoms with E-state index >= 15 is 0 Å². The third kappa shape index (κ3) is 5.09. The number of halogens is 1. The fraction of sp³-hybridized carbons (Fsp3) is 0.542. The molecule has 0 fully saturated rings. The normalized spacial score (nSPS) is 14.6. The second kappa shape index (κ2) is 10.5. The smallest absolute Gasteiger partial charge is 0.141 e. The number of thiazole rings is 1. The summed E-state index contributed by atoms with van der Waals surface area (Å²) in [5.41, 5.74) is 4.26. The highest BCUT2D eigenvalue weighted by molar-refractivity contribution is 7.22. The van der Waals surface area contributed by atoms with Crippen LogP contribution in [0.1, 0.15) is 65.5 Å². The lowest BCUT2D eigenvalue weighted by atomic mass is 10.00. The fourth-order valence-corrected chi connectivity index (χ4v) is 6.83. The zero-order valence-corrected chi connectivity index (χ0v) is 20.6. The summed E-state index contributed by atoms with van der Waals surface area (Å²) in [6.07, 6.45) is 3.67. The first-order chi connectivity index (χ1) is 15.5. The molecule has 0 saturated heterocycles. The second-order valence-electron chi connectivity index (χ2n) is 8.38. The highest BCUT2D eigenvalue weighted by Crippen LogP contribution is 2.43. The van der Waals surface area contributed by atoms with Crippen molar-refractivity contribution >= 4 is 38.7 Å². The van der Waals surface area contributed by atoms with Crippen LogP contribution in [0.25, 0.3) is 20.8 Å². The standard InChI is InChI=1S/C24H30FN3O2S2/c1-14-11-19-23(22(27-14)15(2)25)28-24(32-19)21-17-8-9-26-13-20(17)31-18(21)12-16(29)7-5-4-6-10-30-3/h11,15,26H,4-10,12-13H2,1-3H3. The number of hydrogen-bond acceptors (Lipinski definition) is 7. The molecule has 3 aromatic rings. The molecule has 0 bridgehead atoms. The van der Waals surface area contributed by atoms with E-state index in [-0.39, 0.29) is 5.78 Å². The Bertz CT molecular complexity index is 1110. The van der Waals surface area contributed by atoms with Gasteiger partial charge in [0.25, 0.3) is 0 Å². The van der Waals surface area contributed by atoms with Crippen LogP contribution in [0.2, 0.25) is 0 Å². The molecule has 172 valence electrons. The number of hydrogen-bond donors (Lipinski definition) is 1. The quantitative estimate of drug-likeness (QED) is 0.380. The summed E-state index contributed by atoms with van der Waals surface area (Å²) in [6, 6.07) is 1.98. The molecule has 3 aromatic heterocycles. The van der Waals surface area contributed by atoms with Crippen molar-refractivity contribution in [3.8, 4) is 10.6 Å². The first-order valence-corrected chi connectivity index (χ1v) is 12.9. The predicted octanol–water partition coefficient (Wildman–Crippen LogP) is 5.72. The van der Waals surface area contributed by atoms with Crippen molar-refractivity contribution in [2.24, 2.45) is 0 Å². The average Bonchev–Trinajstić information content (AvgIpc) is 3.33. The van der Waals surface area contributed by atoms with Gasteiger partial charge in [0.05, 0.1) is 4.70 Å². The number of carbonyl (C=O) groups excluding carboxylic acids is 1. The van der Waals surface area contributed by atoms with Crippen molar-refractivity contribution in [2.45, 2.75) is 65.1 Å². The zero-order chi connectivity index (χ0) is 22.7. The number of carbonyl (C=O) groups is 1. The third-order valence-corrected chi connectivity index (χ3v) is 8.04. The van der Waals surface area contributed by atoms with Crippen LogP contribution in [0.5, 0.6) is 0 Å². The van der Waals surface area contributed by atoms with Crippen LogP contribution in [-0.2, 0) is 28.9 Å². The number of pyridine rings is 1. The number of fused-ring (bicyclic) bond motifs is 2. The number of nitrogens with zero attached hydrogens (tertiary/aromatic N) is 2. The van der Waals surface area contributed by atoms with E-state index in [0.29, 0.717) is 24.1 Å². The molecule has 0 saturated carbocycles. The summed E-state index contributed by atoms with van der Waals surface area (Å²) in [5.74, 6) is 0.270. The lowest BCUT2D eigenvalue weighted by Crippen LogP contribution is -2.22. The molecular weight excluding hydrogens is 445 g/mol. The zero-order valence-electron chi connectivity index (χ0n) is 18.9. The van der Waals surface area contributed by atoms with Gasteiger partial charge < -0.3 is 10.1 Å². The van der Waals surface area contributed by atoms with E-state index in [9.17, 15) is 9.18 Å². The number of methoxy groups -OCH3 is 1. The van der Waals surface area contributed by atoms with Crippen molar-refractivity contribution < 1.29 is 13.9 Å². The van der Waals surface area contributed by atoms with Crippen molar-refractivity contribution in [1.29, 1.82) is 0 Å². The molecule has 1 atom stereocenters. The van der Waals surface area contributed by atoms with E-state index in [1.165, 1.54) is 17.4 Å². The molecule has 4 rings (SSSR count). The molecule has 4 heterocycles. The molecule has 32 heavy (non-hydrogen) atoms. The SMILES string of the molecule is COCCCCCC(=O)Cc1sc2c(c1-c1nc3c(C(C)F)nc(C)cc3s1)CCNC2. The molecule has 1 aliphatic rings. The molecule has 0 amide bonds. The van der Waals surface area contributed by atoms with Crippen molar-refractivity contribution in [3.63, 3.8) is 0 Å². The molecule has 0 spiro atoms. The number of rotatable bonds is 10. The number of aromatic nitrogens is 2. The average molecular weight is 476 g/mol. The van der Waals surface area contributed by atoms with Gasteiger partial charge in [0, 0.05) is 54.1 Å². The van der Waals surface area contributed by atoms with Gasteiger partial charge >= 0.3 is 0 Å². The Morgan fingerprint density at radius 3 is 2.91 bits per heavy atom. The largest absolute Gasteiger partial charge is 0.385 e. The van der Waals surface area contributed by atoms with Crippen LogP contribution in [-0.4, -0.2) is 36.0 Å². The lowest BCUT2D eigenvalue weighted by molar-refractivity contribution is -0.118. The van der Waals surface area contributed by atoms with E-state index in [4.69, 9.17) is 9.72 Å². The molecule has 5 nitrogen and oxygen atoms in total. The number of ether oxygens (including phenoxy) is 1. The number of unbranched alkanes of at least 4 members (excludes halogenated alkanes) is 2. The summed E-state index contributed by atoms with van der Waals surface area (Å²) in [6.45, 7) is 5.89. The number of nitrogens with one attached hydrogen (secondary N) is 1. The number of alkyl halides is 1. The number of thiophene rings is 1. The molecule has 0 aliphatic carbocycles. The Labute approximate surface area is 196 Å². The Kier molecular flexibility index (Phi) is 7.66. The maximum atomic E-state index is 14.3. The van der Waals surface area contributed by atoms with Crippen LogP contribution in [0.3, 0.4) is 0 Å². The minimum Gasteiger partial charge on any atom is -0.385 e. The Morgan fingerprint density at radius 1 is 1.28 bits per heavy atom. The molecule has 1 unspecified atom stereocenters. The summed E-state index contributed by atoms with van der Waals surface area (Å²) in [4.78, 5) is 24.4. The highest BCUT2D eigenvalue weighted by Gasteiger charge is 2.26. The Balaban J connectivity index is 1.66. The lowest BCUT2D eigenvalue weighted by Gasteiger charge is -2.13. The van der Waals surface area contributed by atoms with Gasteiger partial charge in [-0.1, -0.05) is 6.42 Å². The van der Waals surface area contributed by atoms with Crippen LogP contribution in [0.15, 0.2) is 6.07 Å². The van der Waals surface area contributed by atoms with Gasteiger partial charge in [0.1, 0.15) is 28.2 Å². The van der Waals surface area contributed by atoms with Gasteiger partial charge in [-0.05, 0) is 51.3 Å². The Hall–Kier alpha value is -1.74. The minimum absolute atomic E-state index is 0.270. The monoisotopic (exact) mass is 475 g/mol. The molecule has 0 aromatic carbocycles. The summed E-state index contributed by atoms with van der Waals surface area (Å²) < 4.78 is 20.3. The topological polar surface area (TPSA) is 64.1 Å². The van der Waals surface area contributed by atoms with Gasteiger partial charge in [-0.25, -0.2) is 9.37 Å². The van der Waals surface area contributed by atoms with Crippen molar-refractivity contribution in [3.05, 3.63) is 32.8 Å². The van der Waals surface area contributed by atoms with E-state index in [1.54, 1.807) is 29.8 Å². The third-order valence-electron chi connectivity index (χ3n) is 5.79. The van der Waals surface area contributed by atoms with Gasteiger partial charge in [-0.3, -0.25) is 9.78 Å². The minimum atomic E-state index is -1.17. The number of ketones is 1. The Morgan fingerprint density at radius 2 is 2.12 bits per heavy atom. The number of aryl methyl sites for hydroxylation is 1. The van der Waals surface area contributed by atoms with E-state index in [2.05, 4.69) is 10.3 Å². The van der Waals surface area contributed by atoms with Gasteiger partial charge in [-0.2, -0.15) is 0 Å². The van der Waals surface area contributed by atoms with Crippen molar-refractivity contribution in [1.82, 2.24) is 15.3 Å². The highest BCUT2D eigenvalue weighted by atomic mass is 32.1.